The largest absolute Gasteiger partial charge is 0.352 e. The van der Waals surface area contributed by atoms with E-state index in [1.165, 1.54) is 0 Å². The molecule has 0 aliphatic heterocycles. The minimum Gasteiger partial charge on any atom is -0.352 e. The second-order valence-electron chi connectivity index (χ2n) is 4.88. The number of hydrogen-bond acceptors (Lipinski definition) is 4. The second kappa shape index (κ2) is 7.19. The highest BCUT2D eigenvalue weighted by atomic mass is 32.1. The number of unbranched alkanes of at least 4 members (excludes halogenated alkanes) is 1. The van der Waals surface area contributed by atoms with Crippen LogP contribution in [0.1, 0.15) is 33.1 Å². The molecule has 0 aliphatic rings. The van der Waals surface area contributed by atoms with Crippen LogP contribution >= 0.6 is 11.3 Å². The Kier molecular flexibility index (Phi) is 5.29. The van der Waals surface area contributed by atoms with E-state index in [9.17, 15) is 4.79 Å². The highest BCUT2D eigenvalue weighted by Gasteiger charge is 2.10. The maximum atomic E-state index is 11.6. The summed E-state index contributed by atoms with van der Waals surface area (Å²) in [5.41, 5.74) is 0.879. The van der Waals surface area contributed by atoms with Crippen molar-refractivity contribution in [2.24, 2.45) is 0 Å². The van der Waals surface area contributed by atoms with Crippen LogP contribution in [-0.4, -0.2) is 26.9 Å². The van der Waals surface area contributed by atoms with E-state index in [4.69, 9.17) is 0 Å². The van der Waals surface area contributed by atoms with Crippen LogP contribution in [0.2, 0.25) is 0 Å². The van der Waals surface area contributed by atoms with E-state index >= 15 is 0 Å². The van der Waals surface area contributed by atoms with E-state index in [0.29, 0.717) is 13.0 Å². The molecule has 20 heavy (non-hydrogen) atoms. The van der Waals surface area contributed by atoms with Gasteiger partial charge in [0, 0.05) is 12.5 Å². The van der Waals surface area contributed by atoms with Crippen LogP contribution in [0.4, 0.5) is 0 Å². The lowest BCUT2D eigenvalue weighted by Gasteiger charge is -2.13. The van der Waals surface area contributed by atoms with Gasteiger partial charge in [0.1, 0.15) is 5.69 Å². The zero-order valence-electron chi connectivity index (χ0n) is 11.9. The summed E-state index contributed by atoms with van der Waals surface area (Å²) in [5, 5.41) is 13.3. The summed E-state index contributed by atoms with van der Waals surface area (Å²) >= 11 is 1.64. The number of nitrogens with one attached hydrogen (secondary N) is 1. The van der Waals surface area contributed by atoms with Crippen molar-refractivity contribution in [3.63, 3.8) is 0 Å². The van der Waals surface area contributed by atoms with Crippen LogP contribution in [0.5, 0.6) is 0 Å². The maximum Gasteiger partial charge on any atom is 0.220 e. The van der Waals surface area contributed by atoms with Crippen molar-refractivity contribution in [1.82, 2.24) is 20.3 Å². The molecule has 0 bridgehead atoms. The molecule has 0 saturated carbocycles. The average Bonchev–Trinajstić information content (AvgIpc) is 3.06. The van der Waals surface area contributed by atoms with Gasteiger partial charge in [-0.2, -0.15) is 0 Å². The van der Waals surface area contributed by atoms with Crippen LogP contribution in [0.25, 0.3) is 10.6 Å². The van der Waals surface area contributed by atoms with Crippen molar-refractivity contribution in [2.75, 3.05) is 0 Å². The highest BCUT2D eigenvalue weighted by Crippen LogP contribution is 2.21. The number of thiophene rings is 1. The molecule has 0 radical (unpaired) electrons. The van der Waals surface area contributed by atoms with E-state index in [1.54, 1.807) is 16.0 Å². The monoisotopic (exact) mass is 292 g/mol. The topological polar surface area (TPSA) is 59.8 Å². The summed E-state index contributed by atoms with van der Waals surface area (Å²) in [6.07, 6.45) is 4.48. The molecule has 2 rings (SSSR count). The van der Waals surface area contributed by atoms with Gasteiger partial charge >= 0.3 is 0 Å². The van der Waals surface area contributed by atoms with Gasteiger partial charge < -0.3 is 5.32 Å². The van der Waals surface area contributed by atoms with Crippen molar-refractivity contribution in [2.45, 2.75) is 45.7 Å². The van der Waals surface area contributed by atoms with Gasteiger partial charge in [-0.05, 0) is 24.8 Å². The van der Waals surface area contributed by atoms with Crippen LogP contribution in [0.3, 0.4) is 0 Å². The lowest BCUT2D eigenvalue weighted by molar-refractivity contribution is -0.121. The molecule has 1 amide bonds. The van der Waals surface area contributed by atoms with E-state index in [2.05, 4.69) is 22.6 Å². The molecule has 1 atom stereocenters. The number of hydrogen-bond donors (Lipinski definition) is 1. The molecular weight excluding hydrogens is 272 g/mol. The Morgan fingerprint density at radius 1 is 1.55 bits per heavy atom. The summed E-state index contributed by atoms with van der Waals surface area (Å²) in [6.45, 7) is 4.70. The third-order valence-corrected chi connectivity index (χ3v) is 3.83. The standard InChI is InChI=1S/C14H20N4OS/c1-3-4-7-14(19)15-11(2)9-18-10-12(16-17-18)13-6-5-8-20-13/h5-6,8,10-11H,3-4,7,9H2,1-2H3,(H,15,19)/t11-/m1/s1. The smallest absolute Gasteiger partial charge is 0.220 e. The molecule has 0 saturated heterocycles. The van der Waals surface area contributed by atoms with Crippen molar-refractivity contribution in [3.05, 3.63) is 23.7 Å². The Morgan fingerprint density at radius 3 is 3.10 bits per heavy atom. The normalized spacial score (nSPS) is 12.3. The number of amides is 1. The number of aromatic nitrogens is 3. The summed E-state index contributed by atoms with van der Waals surface area (Å²) in [7, 11) is 0. The van der Waals surface area contributed by atoms with Crippen molar-refractivity contribution >= 4 is 17.2 Å². The lowest BCUT2D eigenvalue weighted by Crippen LogP contribution is -2.35. The summed E-state index contributed by atoms with van der Waals surface area (Å²) in [6, 6.07) is 4.07. The van der Waals surface area contributed by atoms with Crippen LogP contribution in [0, 0.1) is 0 Å². The fourth-order valence-corrected chi connectivity index (χ4v) is 2.61. The SMILES string of the molecule is CCCCC(=O)N[C@H](C)Cn1cc(-c2cccs2)nn1. The second-order valence-corrected chi connectivity index (χ2v) is 5.82. The van der Waals surface area contributed by atoms with Gasteiger partial charge in [-0.1, -0.05) is 24.6 Å². The number of carbonyl (C=O) groups excluding carboxylic acids is 1. The summed E-state index contributed by atoms with van der Waals surface area (Å²) in [4.78, 5) is 12.7. The van der Waals surface area contributed by atoms with Crippen molar-refractivity contribution in [1.29, 1.82) is 0 Å². The molecule has 0 fully saturated rings. The first kappa shape index (κ1) is 14.7. The van der Waals surface area contributed by atoms with Crippen molar-refractivity contribution < 1.29 is 4.79 Å². The minimum atomic E-state index is 0.0530. The predicted molar refractivity (Wildman–Crippen MR) is 80.5 cm³/mol. The Balaban J connectivity index is 1.85. The van der Waals surface area contributed by atoms with Crippen LogP contribution in [-0.2, 0) is 11.3 Å². The molecular formula is C14H20N4OS. The first-order valence-electron chi connectivity index (χ1n) is 6.92. The molecule has 0 aromatic carbocycles. The molecule has 2 aromatic heterocycles. The molecule has 5 nitrogen and oxygen atoms in total. The Labute approximate surface area is 123 Å². The first-order chi connectivity index (χ1) is 9.69. The first-order valence-corrected chi connectivity index (χ1v) is 7.80. The zero-order chi connectivity index (χ0) is 14.4. The molecule has 0 spiro atoms. The van der Waals surface area contributed by atoms with Crippen molar-refractivity contribution in [3.8, 4) is 10.6 Å². The highest BCUT2D eigenvalue weighted by molar-refractivity contribution is 7.13. The van der Waals surface area contributed by atoms with Gasteiger partial charge in [-0.15, -0.1) is 16.4 Å². The van der Waals surface area contributed by atoms with Gasteiger partial charge in [0.2, 0.25) is 5.91 Å². The lowest BCUT2D eigenvalue weighted by atomic mass is 10.2. The molecule has 1 N–H and O–H groups in total. The fraction of sp³-hybridized carbons (Fsp3) is 0.500. The third-order valence-electron chi connectivity index (χ3n) is 2.94. The summed E-state index contributed by atoms with van der Waals surface area (Å²) < 4.78 is 1.78. The van der Waals surface area contributed by atoms with Gasteiger partial charge in [0.15, 0.2) is 0 Å². The van der Waals surface area contributed by atoms with Crippen LogP contribution < -0.4 is 5.32 Å². The van der Waals surface area contributed by atoms with E-state index < -0.39 is 0 Å². The molecule has 108 valence electrons. The molecule has 0 aliphatic carbocycles. The van der Waals surface area contributed by atoms with Gasteiger partial charge in [0.25, 0.3) is 0 Å². The molecule has 2 heterocycles. The van der Waals surface area contributed by atoms with Gasteiger partial charge in [-0.25, -0.2) is 4.68 Å². The number of rotatable bonds is 7. The van der Waals surface area contributed by atoms with Gasteiger partial charge in [0.05, 0.1) is 17.6 Å². The Hall–Kier alpha value is -1.69. The van der Waals surface area contributed by atoms with E-state index in [-0.39, 0.29) is 11.9 Å². The zero-order valence-corrected chi connectivity index (χ0v) is 12.7. The average molecular weight is 292 g/mol. The van der Waals surface area contributed by atoms with E-state index in [0.717, 1.165) is 23.4 Å². The molecule has 6 heteroatoms. The number of carbonyl (C=O) groups is 1. The number of nitrogens with zero attached hydrogens (tertiary/aromatic N) is 3. The predicted octanol–water partition coefficient (Wildman–Crippen LogP) is 2.70. The Bertz CT molecular complexity index is 535. The third kappa shape index (κ3) is 4.16. The van der Waals surface area contributed by atoms with Crippen LogP contribution in [0.15, 0.2) is 23.7 Å². The fourth-order valence-electron chi connectivity index (χ4n) is 1.94. The molecule has 0 unspecified atom stereocenters. The van der Waals surface area contributed by atoms with Gasteiger partial charge in [-0.3, -0.25) is 4.79 Å². The summed E-state index contributed by atoms with van der Waals surface area (Å²) in [5.74, 6) is 0.109. The van der Waals surface area contributed by atoms with E-state index in [1.807, 2.05) is 30.6 Å². The maximum absolute atomic E-state index is 11.6. The minimum absolute atomic E-state index is 0.0530. The quantitative estimate of drug-likeness (QED) is 0.853. The Morgan fingerprint density at radius 2 is 2.40 bits per heavy atom. The molecule has 2 aromatic rings.